The molecule has 1 aromatic rings. The molecule has 5 heteroatoms. The van der Waals surface area contributed by atoms with Crippen LogP contribution >= 0.6 is 0 Å². The van der Waals surface area contributed by atoms with Crippen LogP contribution in [-0.4, -0.2) is 38.0 Å². The van der Waals surface area contributed by atoms with Gasteiger partial charge in [-0.15, -0.1) is 0 Å². The molecule has 100 valence electrons. The zero-order valence-corrected chi connectivity index (χ0v) is 11.1. The highest BCUT2D eigenvalue weighted by Gasteiger charge is 2.07. The van der Waals surface area contributed by atoms with Crippen molar-refractivity contribution >= 4 is 17.3 Å². The molecule has 5 N–H and O–H groups in total. The molecule has 0 radical (unpaired) electrons. The van der Waals surface area contributed by atoms with Gasteiger partial charge in [-0.05, 0) is 51.7 Å². The van der Waals surface area contributed by atoms with Crippen molar-refractivity contribution in [3.05, 3.63) is 23.8 Å². The zero-order valence-electron chi connectivity index (χ0n) is 11.1. The third kappa shape index (κ3) is 4.63. The van der Waals surface area contributed by atoms with Gasteiger partial charge in [-0.3, -0.25) is 4.79 Å². The number of benzene rings is 1. The Morgan fingerprint density at radius 2 is 2.06 bits per heavy atom. The molecule has 0 atom stereocenters. The van der Waals surface area contributed by atoms with E-state index in [1.54, 1.807) is 18.2 Å². The fourth-order valence-corrected chi connectivity index (χ4v) is 1.70. The average Bonchev–Trinajstić information content (AvgIpc) is 2.27. The van der Waals surface area contributed by atoms with Crippen LogP contribution in [0.25, 0.3) is 0 Å². The van der Waals surface area contributed by atoms with Crippen LogP contribution in [0.5, 0.6) is 0 Å². The molecule has 0 fully saturated rings. The Morgan fingerprint density at radius 1 is 1.33 bits per heavy atom. The van der Waals surface area contributed by atoms with Gasteiger partial charge >= 0.3 is 0 Å². The smallest absolute Gasteiger partial charge is 0.250 e. The van der Waals surface area contributed by atoms with Crippen LogP contribution in [0, 0.1) is 0 Å². The number of nitrogen functional groups attached to an aromatic ring is 1. The number of nitrogens with two attached hydrogens (primary N) is 2. The number of carbonyl (C=O) groups is 1. The molecule has 1 amide bonds. The second kappa shape index (κ2) is 6.86. The molecule has 1 rings (SSSR count). The lowest BCUT2D eigenvalue weighted by Gasteiger charge is -2.12. The lowest BCUT2D eigenvalue weighted by atomic mass is 10.1. The molecule has 0 saturated heterocycles. The molecule has 0 unspecified atom stereocenters. The summed E-state index contributed by atoms with van der Waals surface area (Å²) in [5.41, 5.74) is 12.8. The van der Waals surface area contributed by atoms with E-state index in [1.165, 1.54) is 0 Å². The quantitative estimate of drug-likeness (QED) is 0.500. The molecule has 0 heterocycles. The van der Waals surface area contributed by atoms with Crippen LogP contribution in [0.1, 0.15) is 23.2 Å². The predicted octanol–water partition coefficient (Wildman–Crippen LogP) is 1.12. The highest BCUT2D eigenvalue weighted by molar-refractivity contribution is 5.99. The Hall–Kier alpha value is -1.75. The summed E-state index contributed by atoms with van der Waals surface area (Å²) in [4.78, 5) is 13.4. The third-order valence-corrected chi connectivity index (χ3v) is 2.66. The molecule has 0 aliphatic carbocycles. The Balaban J connectivity index is 2.50. The van der Waals surface area contributed by atoms with Crippen LogP contribution < -0.4 is 16.8 Å². The fourth-order valence-electron chi connectivity index (χ4n) is 1.70. The summed E-state index contributed by atoms with van der Waals surface area (Å²) in [6.45, 7) is 1.86. The van der Waals surface area contributed by atoms with E-state index in [9.17, 15) is 4.79 Å². The number of carbonyl (C=O) groups excluding carboxylic acids is 1. The van der Waals surface area contributed by atoms with Gasteiger partial charge in [-0.25, -0.2) is 0 Å². The Labute approximate surface area is 108 Å². The summed E-state index contributed by atoms with van der Waals surface area (Å²) >= 11 is 0. The maximum Gasteiger partial charge on any atom is 0.250 e. The number of hydrogen-bond donors (Lipinski definition) is 3. The summed E-state index contributed by atoms with van der Waals surface area (Å²) in [6.07, 6.45) is 2.14. The number of nitrogens with one attached hydrogen (secondary N) is 1. The van der Waals surface area contributed by atoms with E-state index in [2.05, 4.69) is 24.3 Å². The summed E-state index contributed by atoms with van der Waals surface area (Å²) in [5.74, 6) is -0.439. The van der Waals surface area contributed by atoms with Gasteiger partial charge in [0, 0.05) is 17.9 Å². The standard InChI is InChI=1S/C13H22N4O/c1-17(2)8-4-3-7-16-12-9-10(14)5-6-11(12)13(15)18/h5-6,9,16H,3-4,7-8,14H2,1-2H3,(H2,15,18). The van der Waals surface area contributed by atoms with E-state index in [-0.39, 0.29) is 0 Å². The summed E-state index contributed by atoms with van der Waals surface area (Å²) < 4.78 is 0. The lowest BCUT2D eigenvalue weighted by Crippen LogP contribution is -2.16. The van der Waals surface area contributed by atoms with E-state index in [1.807, 2.05) is 0 Å². The predicted molar refractivity (Wildman–Crippen MR) is 75.7 cm³/mol. The van der Waals surface area contributed by atoms with Crippen molar-refractivity contribution < 1.29 is 4.79 Å². The van der Waals surface area contributed by atoms with Gasteiger partial charge in [-0.2, -0.15) is 0 Å². The first-order valence-electron chi connectivity index (χ1n) is 6.08. The molecule has 0 aromatic heterocycles. The Morgan fingerprint density at radius 3 is 2.67 bits per heavy atom. The fraction of sp³-hybridized carbons (Fsp3) is 0.462. The molecule has 0 bridgehead atoms. The van der Waals surface area contributed by atoms with E-state index in [4.69, 9.17) is 11.5 Å². The third-order valence-electron chi connectivity index (χ3n) is 2.66. The number of rotatable bonds is 7. The van der Waals surface area contributed by atoms with Crippen molar-refractivity contribution in [1.29, 1.82) is 0 Å². The van der Waals surface area contributed by atoms with E-state index in [0.717, 1.165) is 25.9 Å². The van der Waals surface area contributed by atoms with Crippen molar-refractivity contribution in [2.24, 2.45) is 5.73 Å². The van der Waals surface area contributed by atoms with E-state index < -0.39 is 5.91 Å². The molecular formula is C13H22N4O. The number of primary amides is 1. The number of anilines is 2. The monoisotopic (exact) mass is 250 g/mol. The zero-order chi connectivity index (χ0) is 13.5. The van der Waals surface area contributed by atoms with Crippen LogP contribution in [0.2, 0.25) is 0 Å². The molecular weight excluding hydrogens is 228 g/mol. The largest absolute Gasteiger partial charge is 0.399 e. The van der Waals surface area contributed by atoms with Gasteiger partial charge in [0.2, 0.25) is 0 Å². The lowest BCUT2D eigenvalue weighted by molar-refractivity contribution is 0.100. The van der Waals surface area contributed by atoms with Gasteiger partial charge in [0.1, 0.15) is 0 Å². The highest BCUT2D eigenvalue weighted by atomic mass is 16.1. The maximum absolute atomic E-state index is 11.2. The van der Waals surface area contributed by atoms with Gasteiger partial charge in [0.15, 0.2) is 0 Å². The molecule has 5 nitrogen and oxygen atoms in total. The van der Waals surface area contributed by atoms with Crippen molar-refractivity contribution in [2.75, 3.05) is 38.2 Å². The van der Waals surface area contributed by atoms with Crippen molar-refractivity contribution in [3.63, 3.8) is 0 Å². The molecule has 1 aromatic carbocycles. The second-order valence-electron chi connectivity index (χ2n) is 4.61. The molecule has 0 saturated carbocycles. The number of nitrogens with zero attached hydrogens (tertiary/aromatic N) is 1. The average molecular weight is 250 g/mol. The Kier molecular flexibility index (Phi) is 5.45. The molecule has 0 aliphatic rings. The van der Waals surface area contributed by atoms with Crippen molar-refractivity contribution in [3.8, 4) is 0 Å². The van der Waals surface area contributed by atoms with Gasteiger partial charge in [0.05, 0.1) is 5.56 Å². The van der Waals surface area contributed by atoms with Gasteiger partial charge in [-0.1, -0.05) is 0 Å². The van der Waals surface area contributed by atoms with Crippen LogP contribution in [0.15, 0.2) is 18.2 Å². The number of unbranched alkanes of at least 4 members (excludes halogenated alkanes) is 1. The van der Waals surface area contributed by atoms with Crippen molar-refractivity contribution in [1.82, 2.24) is 4.90 Å². The normalized spacial score (nSPS) is 10.6. The highest BCUT2D eigenvalue weighted by Crippen LogP contribution is 2.18. The number of hydrogen-bond acceptors (Lipinski definition) is 4. The summed E-state index contributed by atoms with van der Waals surface area (Å²) in [5, 5.41) is 3.21. The molecule has 18 heavy (non-hydrogen) atoms. The van der Waals surface area contributed by atoms with Crippen LogP contribution in [0.3, 0.4) is 0 Å². The second-order valence-corrected chi connectivity index (χ2v) is 4.61. The Bertz CT molecular complexity index is 404. The minimum Gasteiger partial charge on any atom is -0.399 e. The van der Waals surface area contributed by atoms with Crippen molar-refractivity contribution in [2.45, 2.75) is 12.8 Å². The first-order valence-corrected chi connectivity index (χ1v) is 6.08. The molecule has 0 spiro atoms. The summed E-state index contributed by atoms with van der Waals surface area (Å²) in [6, 6.07) is 5.07. The SMILES string of the molecule is CN(C)CCCCNc1cc(N)ccc1C(N)=O. The first kappa shape index (κ1) is 14.3. The number of amides is 1. The topological polar surface area (TPSA) is 84.4 Å². The maximum atomic E-state index is 11.2. The van der Waals surface area contributed by atoms with Gasteiger partial charge < -0.3 is 21.7 Å². The van der Waals surface area contributed by atoms with Crippen LogP contribution in [-0.2, 0) is 0 Å². The molecule has 0 aliphatic heterocycles. The minimum atomic E-state index is -0.439. The van der Waals surface area contributed by atoms with E-state index in [0.29, 0.717) is 16.9 Å². The minimum absolute atomic E-state index is 0.439. The van der Waals surface area contributed by atoms with Gasteiger partial charge in [0.25, 0.3) is 5.91 Å². The summed E-state index contributed by atoms with van der Waals surface area (Å²) in [7, 11) is 4.10. The van der Waals surface area contributed by atoms with E-state index >= 15 is 0 Å². The van der Waals surface area contributed by atoms with Crippen LogP contribution in [0.4, 0.5) is 11.4 Å². The first-order chi connectivity index (χ1) is 8.50.